The Hall–Kier alpha value is -1.13. The van der Waals surface area contributed by atoms with E-state index in [1.54, 1.807) is 12.1 Å². The Labute approximate surface area is 128 Å². The summed E-state index contributed by atoms with van der Waals surface area (Å²) in [7, 11) is 0. The minimum absolute atomic E-state index is 0.0898. The molecule has 0 aliphatic carbocycles. The number of pyridine rings is 1. The molecule has 1 aromatic heterocycles. The first-order valence-electron chi connectivity index (χ1n) is 8.07. The lowest BCUT2D eigenvalue weighted by atomic mass is 9.91. The Bertz CT molecular complexity index is 509. The lowest BCUT2D eigenvalue weighted by molar-refractivity contribution is 0.0605. The number of nitrogens with zero attached hydrogens (tertiary/aromatic N) is 2. The van der Waals surface area contributed by atoms with E-state index >= 15 is 0 Å². The highest BCUT2D eigenvalue weighted by atomic mass is 16.1. The van der Waals surface area contributed by atoms with Gasteiger partial charge in [0.1, 0.15) is 0 Å². The minimum atomic E-state index is 0.0898. The first-order valence-corrected chi connectivity index (χ1v) is 8.07. The van der Waals surface area contributed by atoms with Gasteiger partial charge in [-0.1, -0.05) is 26.3 Å². The largest absolute Gasteiger partial charge is 0.314 e. The highest BCUT2D eigenvalue weighted by molar-refractivity contribution is 4.96. The third-order valence-electron chi connectivity index (χ3n) is 4.69. The third-order valence-corrected chi connectivity index (χ3v) is 4.69. The molecule has 4 heteroatoms. The van der Waals surface area contributed by atoms with Gasteiger partial charge in [0, 0.05) is 50.0 Å². The molecule has 0 amide bonds. The summed E-state index contributed by atoms with van der Waals surface area (Å²) in [5.41, 5.74) is 0.234. The quantitative estimate of drug-likeness (QED) is 0.901. The van der Waals surface area contributed by atoms with Crippen molar-refractivity contribution in [2.75, 3.05) is 19.6 Å². The van der Waals surface area contributed by atoms with Crippen LogP contribution in [-0.2, 0) is 6.54 Å². The van der Waals surface area contributed by atoms with Gasteiger partial charge < -0.3 is 9.88 Å². The topological polar surface area (TPSA) is 37.3 Å². The van der Waals surface area contributed by atoms with Crippen LogP contribution in [0.3, 0.4) is 0 Å². The Morgan fingerprint density at radius 1 is 1.38 bits per heavy atom. The third kappa shape index (κ3) is 4.17. The van der Waals surface area contributed by atoms with E-state index in [1.165, 1.54) is 6.42 Å². The molecule has 21 heavy (non-hydrogen) atoms. The molecule has 0 aromatic carbocycles. The lowest BCUT2D eigenvalue weighted by Gasteiger charge is -2.46. The Morgan fingerprint density at radius 3 is 2.81 bits per heavy atom. The van der Waals surface area contributed by atoms with E-state index in [0.717, 1.165) is 26.2 Å². The molecule has 118 valence electrons. The zero-order chi connectivity index (χ0) is 15.5. The summed E-state index contributed by atoms with van der Waals surface area (Å²) in [6, 6.07) is 5.92. The summed E-state index contributed by atoms with van der Waals surface area (Å²) in [5, 5.41) is 3.65. The molecule has 1 N–H and O–H groups in total. The summed E-state index contributed by atoms with van der Waals surface area (Å²) in [6.45, 7) is 12.8. The molecule has 2 unspecified atom stereocenters. The van der Waals surface area contributed by atoms with Crippen molar-refractivity contribution in [1.29, 1.82) is 0 Å². The molecule has 1 fully saturated rings. The molecular weight excluding hydrogens is 262 g/mol. The van der Waals surface area contributed by atoms with E-state index in [1.807, 2.05) is 16.8 Å². The fraction of sp³-hybridized carbons (Fsp3) is 0.706. The minimum Gasteiger partial charge on any atom is -0.314 e. The molecule has 0 spiro atoms. The van der Waals surface area contributed by atoms with Gasteiger partial charge >= 0.3 is 0 Å². The highest BCUT2D eigenvalue weighted by Gasteiger charge is 2.34. The smallest absolute Gasteiger partial charge is 0.250 e. The molecule has 1 aromatic rings. The van der Waals surface area contributed by atoms with Gasteiger partial charge in [0.2, 0.25) is 0 Å². The molecule has 1 aliphatic heterocycles. The van der Waals surface area contributed by atoms with Gasteiger partial charge in [-0.3, -0.25) is 9.69 Å². The van der Waals surface area contributed by atoms with Crippen LogP contribution in [-0.4, -0.2) is 40.7 Å². The van der Waals surface area contributed by atoms with E-state index in [9.17, 15) is 4.79 Å². The standard InChI is InChI=1S/C17H29N3O/c1-5-14(2)15-12-18-17(3,4)13-20(15)11-10-19-9-7-6-8-16(19)21/h6-9,14-15,18H,5,10-13H2,1-4H3. The van der Waals surface area contributed by atoms with Crippen LogP contribution in [0, 0.1) is 5.92 Å². The average molecular weight is 291 g/mol. The van der Waals surface area contributed by atoms with Crippen molar-refractivity contribution in [2.24, 2.45) is 5.92 Å². The maximum atomic E-state index is 11.8. The normalized spacial score (nSPS) is 23.9. The van der Waals surface area contributed by atoms with Crippen LogP contribution >= 0.6 is 0 Å². The van der Waals surface area contributed by atoms with Gasteiger partial charge in [-0.15, -0.1) is 0 Å². The summed E-state index contributed by atoms with van der Waals surface area (Å²) >= 11 is 0. The average Bonchev–Trinajstić information content (AvgIpc) is 2.45. The molecule has 2 atom stereocenters. The Morgan fingerprint density at radius 2 is 2.14 bits per heavy atom. The molecule has 4 nitrogen and oxygen atoms in total. The fourth-order valence-electron chi connectivity index (χ4n) is 3.15. The number of hydrogen-bond acceptors (Lipinski definition) is 3. The molecular formula is C17H29N3O. The van der Waals surface area contributed by atoms with Crippen molar-refractivity contribution in [2.45, 2.75) is 52.2 Å². The zero-order valence-electron chi connectivity index (χ0n) is 13.8. The van der Waals surface area contributed by atoms with Crippen molar-refractivity contribution in [3.8, 4) is 0 Å². The first-order chi connectivity index (χ1) is 9.93. The van der Waals surface area contributed by atoms with Crippen LogP contribution in [0.25, 0.3) is 0 Å². The van der Waals surface area contributed by atoms with Gasteiger partial charge in [0.15, 0.2) is 0 Å². The second-order valence-electron chi connectivity index (χ2n) is 6.92. The molecule has 0 bridgehead atoms. The molecule has 1 aliphatic rings. The van der Waals surface area contributed by atoms with Gasteiger partial charge in [-0.25, -0.2) is 0 Å². The summed E-state index contributed by atoms with van der Waals surface area (Å²) in [4.78, 5) is 14.4. The number of nitrogens with one attached hydrogen (secondary N) is 1. The Kier molecular flexibility index (Phi) is 5.22. The monoisotopic (exact) mass is 291 g/mol. The molecule has 0 saturated carbocycles. The lowest BCUT2D eigenvalue weighted by Crippen LogP contribution is -2.63. The van der Waals surface area contributed by atoms with Crippen molar-refractivity contribution in [3.63, 3.8) is 0 Å². The second-order valence-corrected chi connectivity index (χ2v) is 6.92. The van der Waals surface area contributed by atoms with E-state index < -0.39 is 0 Å². The van der Waals surface area contributed by atoms with Crippen molar-refractivity contribution < 1.29 is 0 Å². The van der Waals surface area contributed by atoms with Crippen molar-refractivity contribution >= 4 is 0 Å². The van der Waals surface area contributed by atoms with Crippen molar-refractivity contribution in [1.82, 2.24) is 14.8 Å². The predicted molar refractivity (Wildman–Crippen MR) is 87.6 cm³/mol. The number of aromatic nitrogens is 1. The summed E-state index contributed by atoms with van der Waals surface area (Å²) < 4.78 is 1.81. The SMILES string of the molecule is CCC(C)C1CNC(C)(C)CN1CCn1ccccc1=O. The van der Waals surface area contributed by atoms with Gasteiger partial charge in [-0.2, -0.15) is 0 Å². The molecule has 2 rings (SSSR count). The number of hydrogen-bond donors (Lipinski definition) is 1. The van der Waals surface area contributed by atoms with Gasteiger partial charge in [-0.05, 0) is 25.8 Å². The first kappa shape index (κ1) is 16.2. The molecule has 1 saturated heterocycles. The zero-order valence-corrected chi connectivity index (χ0v) is 13.8. The van der Waals surface area contributed by atoms with Crippen LogP contribution in [0.5, 0.6) is 0 Å². The van der Waals surface area contributed by atoms with Crippen LogP contribution in [0.15, 0.2) is 29.2 Å². The molecule has 0 radical (unpaired) electrons. The van der Waals surface area contributed by atoms with E-state index in [2.05, 4.69) is 37.9 Å². The number of piperazine rings is 1. The van der Waals surface area contributed by atoms with Crippen LogP contribution in [0.1, 0.15) is 34.1 Å². The summed E-state index contributed by atoms with van der Waals surface area (Å²) in [6.07, 6.45) is 3.07. The van der Waals surface area contributed by atoms with E-state index in [0.29, 0.717) is 12.0 Å². The van der Waals surface area contributed by atoms with Crippen molar-refractivity contribution in [3.05, 3.63) is 34.7 Å². The van der Waals surface area contributed by atoms with Crippen LogP contribution < -0.4 is 10.9 Å². The van der Waals surface area contributed by atoms with E-state index in [4.69, 9.17) is 0 Å². The maximum Gasteiger partial charge on any atom is 0.250 e. The van der Waals surface area contributed by atoms with Crippen LogP contribution in [0.4, 0.5) is 0 Å². The fourth-order valence-corrected chi connectivity index (χ4v) is 3.15. The number of rotatable bonds is 5. The van der Waals surface area contributed by atoms with Crippen LogP contribution in [0.2, 0.25) is 0 Å². The summed E-state index contributed by atoms with van der Waals surface area (Å²) in [5.74, 6) is 0.668. The van der Waals surface area contributed by atoms with E-state index in [-0.39, 0.29) is 11.1 Å². The predicted octanol–water partition coefficient (Wildman–Crippen LogP) is 1.95. The second kappa shape index (κ2) is 6.75. The maximum absolute atomic E-state index is 11.8. The highest BCUT2D eigenvalue weighted by Crippen LogP contribution is 2.22. The Balaban J connectivity index is 2.06. The molecule has 2 heterocycles. The van der Waals surface area contributed by atoms with Gasteiger partial charge in [0.05, 0.1) is 0 Å². The van der Waals surface area contributed by atoms with Gasteiger partial charge in [0.25, 0.3) is 5.56 Å².